The molecule has 204 valence electrons. The summed E-state index contributed by atoms with van der Waals surface area (Å²) in [6, 6.07) is 8.25. The van der Waals surface area contributed by atoms with Crippen molar-refractivity contribution in [2.75, 3.05) is 18.1 Å². The van der Waals surface area contributed by atoms with Gasteiger partial charge in [-0.15, -0.1) is 11.3 Å². The van der Waals surface area contributed by atoms with E-state index in [1.807, 2.05) is 0 Å². The molecule has 3 aromatic heterocycles. The Morgan fingerprint density at radius 3 is 2.77 bits per heavy atom. The van der Waals surface area contributed by atoms with Gasteiger partial charge in [0.2, 0.25) is 0 Å². The molecule has 4 heterocycles. The van der Waals surface area contributed by atoms with Crippen molar-refractivity contribution in [2.24, 2.45) is 0 Å². The zero-order chi connectivity index (χ0) is 28.0. The molecule has 1 amide bonds. The van der Waals surface area contributed by atoms with Gasteiger partial charge in [-0.25, -0.2) is 19.7 Å². The van der Waals surface area contributed by atoms with Crippen LogP contribution < -0.4 is 19.1 Å². The van der Waals surface area contributed by atoms with Crippen molar-refractivity contribution in [1.29, 1.82) is 0 Å². The van der Waals surface area contributed by atoms with Crippen molar-refractivity contribution in [3.05, 3.63) is 59.8 Å². The van der Waals surface area contributed by atoms with Crippen LogP contribution in [0, 0.1) is 6.92 Å². The number of aryl methyl sites for hydroxylation is 1. The van der Waals surface area contributed by atoms with Gasteiger partial charge in [0.15, 0.2) is 17.6 Å². The van der Waals surface area contributed by atoms with Gasteiger partial charge in [-0.2, -0.15) is 8.78 Å². The van der Waals surface area contributed by atoms with E-state index >= 15 is 0 Å². The quantitative estimate of drug-likeness (QED) is 0.249. The SMILES string of the molecule is Cc1ncc(N(C[C@@H]2COc3c(ccc4nc(-c5cc(Cl)cc6cc(OC(F)F)cnc56)sc34)O2)C(=O)O)cn1. The summed E-state index contributed by atoms with van der Waals surface area (Å²) in [4.78, 5) is 30.2. The Kier molecular flexibility index (Phi) is 6.68. The number of rotatable bonds is 6. The predicted molar refractivity (Wildman–Crippen MR) is 144 cm³/mol. The van der Waals surface area contributed by atoms with Gasteiger partial charge < -0.3 is 19.3 Å². The number of alkyl halides is 2. The molecule has 14 heteroatoms. The average Bonchev–Trinajstić information content (AvgIpc) is 3.36. The Hall–Kier alpha value is -4.36. The van der Waals surface area contributed by atoms with E-state index in [0.717, 1.165) is 9.60 Å². The first kappa shape index (κ1) is 25.9. The molecule has 0 spiro atoms. The van der Waals surface area contributed by atoms with Crippen molar-refractivity contribution >= 4 is 55.8 Å². The highest BCUT2D eigenvalue weighted by molar-refractivity contribution is 7.22. The zero-order valence-corrected chi connectivity index (χ0v) is 22.1. The van der Waals surface area contributed by atoms with Crippen molar-refractivity contribution in [3.8, 4) is 27.8 Å². The minimum absolute atomic E-state index is 0.00457. The van der Waals surface area contributed by atoms with Crippen LogP contribution in [0.5, 0.6) is 17.2 Å². The number of aromatic nitrogens is 4. The second kappa shape index (κ2) is 10.3. The predicted octanol–water partition coefficient (Wildman–Crippen LogP) is 6.19. The molecule has 0 radical (unpaired) electrons. The number of carbonyl (C=O) groups is 1. The number of hydrogen-bond acceptors (Lipinski definition) is 9. The second-order valence-corrected chi connectivity index (χ2v) is 10.2. The van der Waals surface area contributed by atoms with Crippen LogP contribution >= 0.6 is 22.9 Å². The highest BCUT2D eigenvalue weighted by Crippen LogP contribution is 2.45. The maximum absolute atomic E-state index is 12.7. The molecular formula is C26H18ClF2N5O5S. The lowest BCUT2D eigenvalue weighted by Gasteiger charge is -2.30. The lowest BCUT2D eigenvalue weighted by atomic mass is 10.1. The fourth-order valence-electron chi connectivity index (χ4n) is 4.32. The van der Waals surface area contributed by atoms with E-state index in [-0.39, 0.29) is 18.9 Å². The van der Waals surface area contributed by atoms with Crippen LogP contribution in [0.15, 0.2) is 48.9 Å². The third-order valence-electron chi connectivity index (χ3n) is 6.06. The molecule has 1 atom stereocenters. The van der Waals surface area contributed by atoms with Gasteiger partial charge in [0.25, 0.3) is 0 Å². The lowest BCUT2D eigenvalue weighted by molar-refractivity contribution is -0.0499. The highest BCUT2D eigenvalue weighted by atomic mass is 35.5. The molecular weight excluding hydrogens is 568 g/mol. The molecule has 1 aliphatic heterocycles. The largest absolute Gasteiger partial charge is 0.484 e. The summed E-state index contributed by atoms with van der Waals surface area (Å²) in [6.45, 7) is -1.16. The van der Waals surface area contributed by atoms with Gasteiger partial charge >= 0.3 is 12.7 Å². The summed E-state index contributed by atoms with van der Waals surface area (Å²) < 4.78 is 42.7. The summed E-state index contributed by atoms with van der Waals surface area (Å²) in [6.07, 6.45) is 2.36. The fraction of sp³-hybridized carbons (Fsp3) is 0.192. The number of amides is 1. The van der Waals surface area contributed by atoms with Gasteiger partial charge in [0, 0.05) is 16.0 Å². The number of ether oxygens (including phenoxy) is 3. The molecule has 2 aromatic carbocycles. The topological polar surface area (TPSA) is 120 Å². The van der Waals surface area contributed by atoms with Crippen LogP contribution in [-0.2, 0) is 0 Å². The molecule has 0 saturated heterocycles. The molecule has 5 aromatic rings. The van der Waals surface area contributed by atoms with Crippen molar-refractivity contribution in [2.45, 2.75) is 19.6 Å². The Labute approximate surface area is 233 Å². The van der Waals surface area contributed by atoms with Gasteiger partial charge in [-0.1, -0.05) is 11.6 Å². The van der Waals surface area contributed by atoms with E-state index in [1.165, 1.54) is 36.0 Å². The Morgan fingerprint density at radius 2 is 2.02 bits per heavy atom. The van der Waals surface area contributed by atoms with Crippen LogP contribution in [0.2, 0.25) is 5.02 Å². The van der Waals surface area contributed by atoms with Gasteiger partial charge in [0.05, 0.1) is 41.9 Å². The number of carboxylic acid groups (broad SMARTS) is 1. The molecule has 10 nitrogen and oxygen atoms in total. The maximum Gasteiger partial charge on any atom is 0.412 e. The molecule has 40 heavy (non-hydrogen) atoms. The number of hydrogen-bond donors (Lipinski definition) is 1. The third-order valence-corrected chi connectivity index (χ3v) is 7.38. The van der Waals surface area contributed by atoms with E-state index < -0.39 is 18.8 Å². The van der Waals surface area contributed by atoms with Crippen LogP contribution in [0.25, 0.3) is 31.7 Å². The van der Waals surface area contributed by atoms with Crippen molar-refractivity contribution in [3.63, 3.8) is 0 Å². The maximum atomic E-state index is 12.7. The smallest absolute Gasteiger partial charge is 0.412 e. The van der Waals surface area contributed by atoms with E-state index in [9.17, 15) is 18.7 Å². The minimum atomic E-state index is -2.97. The molecule has 0 saturated carbocycles. The number of nitrogens with zero attached hydrogens (tertiary/aromatic N) is 5. The molecule has 0 unspecified atom stereocenters. The van der Waals surface area contributed by atoms with Crippen molar-refractivity contribution < 1.29 is 32.9 Å². The molecule has 0 bridgehead atoms. The molecule has 1 aliphatic rings. The first-order valence-electron chi connectivity index (χ1n) is 11.8. The summed E-state index contributed by atoms with van der Waals surface area (Å²) in [7, 11) is 0. The standard InChI is InChI=1S/C26H18ClF2N5O5S/c1-12-30-7-15(8-31-12)34(26(35)36)10-17-11-37-22-20(38-17)3-2-19-23(22)40-24(33-19)18-6-14(27)4-13-5-16(39-25(28)29)9-32-21(13)18/h2-9,17,25H,10-11H2,1H3,(H,35,36)/t17-/m1/s1. The zero-order valence-electron chi connectivity index (χ0n) is 20.5. The molecule has 0 fully saturated rings. The summed E-state index contributed by atoms with van der Waals surface area (Å²) in [5, 5.41) is 11.2. The van der Waals surface area contributed by atoms with Gasteiger partial charge in [-0.05, 0) is 37.3 Å². The number of anilines is 1. The number of fused-ring (bicyclic) bond motifs is 4. The average molecular weight is 586 g/mol. The Morgan fingerprint density at radius 1 is 1.23 bits per heavy atom. The number of thiazole rings is 1. The summed E-state index contributed by atoms with van der Waals surface area (Å²) in [5.41, 5.74) is 2.11. The first-order valence-corrected chi connectivity index (χ1v) is 13.0. The lowest BCUT2D eigenvalue weighted by Crippen LogP contribution is -2.43. The molecule has 0 aliphatic carbocycles. The Bertz CT molecular complexity index is 1750. The fourth-order valence-corrected chi connectivity index (χ4v) is 5.62. The van der Waals surface area contributed by atoms with E-state index in [2.05, 4.69) is 19.7 Å². The van der Waals surface area contributed by atoms with E-state index in [0.29, 0.717) is 55.0 Å². The minimum Gasteiger partial charge on any atom is -0.484 e. The van der Waals surface area contributed by atoms with E-state index in [4.69, 9.17) is 26.1 Å². The molecule has 6 rings (SSSR count). The van der Waals surface area contributed by atoms with Crippen LogP contribution in [0.3, 0.4) is 0 Å². The normalized spacial score (nSPS) is 14.6. The second-order valence-electron chi connectivity index (χ2n) is 8.77. The first-order chi connectivity index (χ1) is 19.2. The number of halogens is 3. The Balaban J connectivity index is 1.30. The van der Waals surface area contributed by atoms with Crippen molar-refractivity contribution in [1.82, 2.24) is 19.9 Å². The third kappa shape index (κ3) is 5.00. The molecule has 1 N–H and O–H groups in total. The highest BCUT2D eigenvalue weighted by Gasteiger charge is 2.29. The summed E-state index contributed by atoms with van der Waals surface area (Å²) >= 11 is 7.67. The number of pyridine rings is 1. The van der Waals surface area contributed by atoms with Crippen LogP contribution in [0.1, 0.15) is 5.82 Å². The summed E-state index contributed by atoms with van der Waals surface area (Å²) in [5.74, 6) is 1.39. The number of benzene rings is 2. The van der Waals surface area contributed by atoms with E-state index in [1.54, 1.807) is 31.2 Å². The monoisotopic (exact) mass is 585 g/mol. The van der Waals surface area contributed by atoms with Gasteiger partial charge in [0.1, 0.15) is 27.9 Å². The van der Waals surface area contributed by atoms with Crippen LogP contribution in [-0.4, -0.2) is 57.0 Å². The van der Waals surface area contributed by atoms with Crippen LogP contribution in [0.4, 0.5) is 19.3 Å². The van der Waals surface area contributed by atoms with Gasteiger partial charge in [-0.3, -0.25) is 9.88 Å².